The fourth-order valence-electron chi connectivity index (χ4n) is 12.8. The van der Waals surface area contributed by atoms with Crippen molar-refractivity contribution in [1.82, 2.24) is 0 Å². The third kappa shape index (κ3) is 0.766. The predicted octanol–water partition coefficient (Wildman–Crippen LogP) is 3.11. The zero-order valence-electron chi connectivity index (χ0n) is 14.1. The molecule has 0 aromatic carbocycles. The summed E-state index contributed by atoms with van der Waals surface area (Å²) in [5.41, 5.74) is 1.38. The molecule has 0 N–H and O–H groups in total. The lowest BCUT2D eigenvalue weighted by Gasteiger charge is -2.42. The first kappa shape index (κ1) is 11.6. The first-order valence-electron chi connectivity index (χ1n) is 11.2. The molecule has 0 radical (unpaired) electrons. The maximum atomic E-state index is 6.80. The first-order valence-corrected chi connectivity index (χ1v) is 11.2. The summed E-state index contributed by atoms with van der Waals surface area (Å²) < 4.78 is 13.6. The molecule has 2 spiro atoms. The van der Waals surface area contributed by atoms with Gasteiger partial charge in [0.25, 0.3) is 0 Å². The second-order valence-corrected chi connectivity index (χ2v) is 11.9. The van der Waals surface area contributed by atoms with Crippen molar-refractivity contribution < 1.29 is 9.47 Å². The van der Waals surface area contributed by atoms with Crippen molar-refractivity contribution in [3.63, 3.8) is 0 Å². The van der Waals surface area contributed by atoms with E-state index in [1.807, 2.05) is 0 Å². The highest BCUT2D eigenvalue weighted by Crippen LogP contribution is 2.94. The van der Waals surface area contributed by atoms with Gasteiger partial charge >= 0.3 is 0 Å². The largest absolute Gasteiger partial charge is 0.374 e. The molecule has 24 heavy (non-hydrogen) atoms. The van der Waals surface area contributed by atoms with Crippen LogP contribution in [0.2, 0.25) is 0 Å². The number of hydrogen-bond acceptors (Lipinski definition) is 2. The van der Waals surface area contributed by atoms with E-state index in [0.717, 1.165) is 59.2 Å². The van der Waals surface area contributed by atoms with E-state index in [2.05, 4.69) is 0 Å². The van der Waals surface area contributed by atoms with Crippen LogP contribution in [0.4, 0.5) is 0 Å². The molecule has 0 bridgehead atoms. The van der Waals surface area contributed by atoms with Crippen LogP contribution in [0.25, 0.3) is 0 Å². The van der Waals surface area contributed by atoms with Gasteiger partial charge in [-0.2, -0.15) is 0 Å². The van der Waals surface area contributed by atoms with Crippen LogP contribution in [0.3, 0.4) is 0 Å². The van der Waals surface area contributed by atoms with Crippen LogP contribution in [0.15, 0.2) is 0 Å². The van der Waals surface area contributed by atoms with E-state index in [-0.39, 0.29) is 0 Å². The smallest absolute Gasteiger partial charge is 0.0648 e. The van der Waals surface area contributed by atoms with E-state index < -0.39 is 0 Å². The van der Waals surface area contributed by atoms with E-state index in [1.165, 1.54) is 38.5 Å². The van der Waals surface area contributed by atoms with Gasteiger partial charge in [-0.25, -0.2) is 0 Å². The summed E-state index contributed by atoms with van der Waals surface area (Å²) in [6, 6.07) is 0. The fourth-order valence-corrected chi connectivity index (χ4v) is 12.8. The summed E-state index contributed by atoms with van der Waals surface area (Å²) in [6.45, 7) is 0. The standard InChI is InChI=1S/C22H26O2/c1-3-9-13-7(1)17-15-16-18(22(19(13)15)6-12(22)23-9)8-2-4-10-14(8)20(16)21(17)5-11(21)24-10/h7-20H,1-6H2/t7-,8-,9-,10+,11-,12-,13-,14+,15+,16+,17+,18-,19-,20+,21-,22-/m1/s1. The van der Waals surface area contributed by atoms with Crippen LogP contribution >= 0.6 is 0 Å². The van der Waals surface area contributed by atoms with Gasteiger partial charge in [0.1, 0.15) is 0 Å². The van der Waals surface area contributed by atoms with Crippen LogP contribution in [0.1, 0.15) is 38.5 Å². The normalized spacial score (nSPS) is 87.0. The highest BCUT2D eigenvalue weighted by atomic mass is 16.5. The number of fused-ring (bicyclic) bond motifs is 2. The van der Waals surface area contributed by atoms with E-state index in [4.69, 9.17) is 9.47 Å². The van der Waals surface area contributed by atoms with Gasteiger partial charge in [0, 0.05) is 10.8 Å². The van der Waals surface area contributed by atoms with Crippen molar-refractivity contribution >= 4 is 0 Å². The summed E-state index contributed by atoms with van der Waals surface area (Å²) in [6.07, 6.45) is 11.5. The van der Waals surface area contributed by atoms with Gasteiger partial charge in [-0.1, -0.05) is 0 Å². The molecule has 10 fully saturated rings. The topological polar surface area (TPSA) is 18.5 Å². The predicted molar refractivity (Wildman–Crippen MR) is 84.8 cm³/mol. The van der Waals surface area contributed by atoms with E-state index in [9.17, 15) is 0 Å². The molecule has 0 aromatic heterocycles. The molecule has 2 heteroatoms. The Balaban J connectivity index is 1.32. The van der Waals surface area contributed by atoms with Gasteiger partial charge < -0.3 is 9.47 Å². The fraction of sp³-hybridized carbons (Fsp3) is 1.00. The number of rotatable bonds is 0. The Hall–Kier alpha value is -0.0800. The van der Waals surface area contributed by atoms with E-state index >= 15 is 0 Å². The van der Waals surface area contributed by atoms with E-state index in [0.29, 0.717) is 35.2 Å². The molecule has 0 unspecified atom stereocenters. The maximum absolute atomic E-state index is 6.80. The summed E-state index contributed by atoms with van der Waals surface area (Å²) in [4.78, 5) is 0. The van der Waals surface area contributed by atoms with Crippen molar-refractivity contribution in [2.24, 2.45) is 70.0 Å². The lowest BCUT2D eigenvalue weighted by atomic mass is 9.68. The zero-order valence-corrected chi connectivity index (χ0v) is 14.1. The van der Waals surface area contributed by atoms with Crippen LogP contribution < -0.4 is 0 Å². The molecule has 8 saturated carbocycles. The number of hydrogen-bond donors (Lipinski definition) is 0. The minimum Gasteiger partial charge on any atom is -0.374 e. The Kier molecular flexibility index (Phi) is 1.39. The Morgan fingerprint density at radius 3 is 1.54 bits per heavy atom. The van der Waals surface area contributed by atoms with Gasteiger partial charge in [-0.3, -0.25) is 0 Å². The third-order valence-electron chi connectivity index (χ3n) is 12.4. The summed E-state index contributed by atoms with van der Waals surface area (Å²) in [5, 5.41) is 0. The van der Waals surface area contributed by atoms with Crippen LogP contribution in [-0.4, -0.2) is 24.4 Å². The molecule has 16 atom stereocenters. The Labute approximate surface area is 143 Å². The third-order valence-corrected chi connectivity index (χ3v) is 12.4. The zero-order chi connectivity index (χ0) is 14.7. The Morgan fingerprint density at radius 2 is 1.04 bits per heavy atom. The van der Waals surface area contributed by atoms with Crippen molar-refractivity contribution in [3.8, 4) is 0 Å². The molecule has 0 aromatic rings. The highest BCUT2D eigenvalue weighted by molar-refractivity contribution is 5.40. The molecule has 2 nitrogen and oxygen atoms in total. The second-order valence-electron chi connectivity index (χ2n) is 11.9. The maximum Gasteiger partial charge on any atom is 0.0648 e. The molecule has 10 rings (SSSR count). The van der Waals surface area contributed by atoms with Gasteiger partial charge in [-0.15, -0.1) is 0 Å². The van der Waals surface area contributed by atoms with Crippen molar-refractivity contribution in [3.05, 3.63) is 0 Å². The Bertz CT molecular complexity index is 686. The first-order chi connectivity index (χ1) is 11.9. The molecule has 10 aliphatic rings. The molecule has 8 aliphatic carbocycles. The minimum absolute atomic E-state index is 0.675. The van der Waals surface area contributed by atoms with Gasteiger partial charge in [-0.05, 0) is 97.7 Å². The molecule has 126 valence electrons. The van der Waals surface area contributed by atoms with Gasteiger partial charge in [0.05, 0.1) is 24.4 Å². The second kappa shape index (κ2) is 2.87. The van der Waals surface area contributed by atoms with E-state index in [1.54, 1.807) is 0 Å². The molecule has 2 saturated heterocycles. The summed E-state index contributed by atoms with van der Waals surface area (Å²) in [5.74, 6) is 10.7. The van der Waals surface area contributed by atoms with Crippen molar-refractivity contribution in [2.75, 3.05) is 0 Å². The quantitative estimate of drug-likeness (QED) is 0.682. The van der Waals surface area contributed by atoms with Crippen molar-refractivity contribution in [2.45, 2.75) is 62.9 Å². The lowest BCUT2D eigenvalue weighted by molar-refractivity contribution is -0.100. The molecule has 0 amide bonds. The van der Waals surface area contributed by atoms with Gasteiger partial charge in [0.15, 0.2) is 0 Å². The highest BCUT2D eigenvalue weighted by Gasteiger charge is 2.94. The SMILES string of the molecule is C1C[C@@H]2O[C@@H]3C[C@@]34[C@@H]3[C@H]5[C@@H]6[C@H]7[C@@H]8[C@@H](CC[C@H]8O[C@@H]8C[C@@]78[C@@H]5[C@H]1[C@H]32)[C@@H]64. The summed E-state index contributed by atoms with van der Waals surface area (Å²) >= 11 is 0. The molecule has 2 aliphatic heterocycles. The average molecular weight is 322 g/mol. The van der Waals surface area contributed by atoms with Gasteiger partial charge in [0.2, 0.25) is 0 Å². The van der Waals surface area contributed by atoms with Crippen LogP contribution in [-0.2, 0) is 9.47 Å². The monoisotopic (exact) mass is 322 g/mol. The number of ether oxygens (including phenoxy) is 2. The average Bonchev–Trinajstić information content (AvgIpc) is 3.01. The van der Waals surface area contributed by atoms with Crippen molar-refractivity contribution in [1.29, 1.82) is 0 Å². The summed E-state index contributed by atoms with van der Waals surface area (Å²) in [7, 11) is 0. The molecular formula is C22H26O2. The molecular weight excluding hydrogens is 296 g/mol. The van der Waals surface area contributed by atoms with Crippen LogP contribution in [0.5, 0.6) is 0 Å². The molecule has 2 heterocycles. The lowest BCUT2D eigenvalue weighted by Crippen LogP contribution is -2.43. The van der Waals surface area contributed by atoms with Crippen LogP contribution in [0, 0.1) is 70.0 Å². The minimum atomic E-state index is 0.675. The Morgan fingerprint density at radius 1 is 0.542 bits per heavy atom.